The van der Waals surface area contributed by atoms with Crippen LogP contribution in [-0.4, -0.2) is 24.0 Å². The third-order valence-electron chi connectivity index (χ3n) is 1.56. The van der Waals surface area contributed by atoms with Crippen molar-refractivity contribution in [3.8, 4) is 0 Å². The Morgan fingerprint density at radius 1 is 1.82 bits per heavy atom. The van der Waals surface area contributed by atoms with Crippen molar-refractivity contribution in [1.29, 1.82) is 0 Å². The van der Waals surface area contributed by atoms with Gasteiger partial charge in [-0.15, -0.1) is 0 Å². The molecule has 0 spiro atoms. The molecule has 1 aliphatic rings. The van der Waals surface area contributed by atoms with Gasteiger partial charge in [0.2, 0.25) is 0 Å². The fraction of sp³-hybridized carbons (Fsp3) is 0.625. The van der Waals surface area contributed by atoms with Gasteiger partial charge in [-0.2, -0.15) is 0 Å². The van der Waals surface area contributed by atoms with E-state index in [1.807, 2.05) is 0 Å². The number of hydrogen-bond acceptors (Lipinski definition) is 3. The maximum absolute atomic E-state index is 4.27. The van der Waals surface area contributed by atoms with Crippen LogP contribution in [0, 0.1) is 0 Å². The van der Waals surface area contributed by atoms with E-state index in [0.717, 1.165) is 30.4 Å². The van der Waals surface area contributed by atoms with Crippen LogP contribution in [0.25, 0.3) is 0 Å². The average Bonchev–Trinajstić information content (AvgIpc) is 2.52. The quantitative estimate of drug-likeness (QED) is 0.651. The van der Waals surface area contributed by atoms with E-state index in [0.29, 0.717) is 0 Å². The molecule has 0 amide bonds. The Kier molecular flexibility index (Phi) is 3.49. The lowest BCUT2D eigenvalue weighted by molar-refractivity contribution is 0.963. The first-order valence-corrected chi connectivity index (χ1v) is 4.89. The maximum Gasteiger partial charge on any atom is 0.156 e. The number of thioether (sulfide) groups is 1. The van der Waals surface area contributed by atoms with Crippen molar-refractivity contribution in [3.05, 3.63) is 12.2 Å². The van der Waals surface area contributed by atoms with Crippen molar-refractivity contribution in [2.24, 2.45) is 4.99 Å². The predicted molar refractivity (Wildman–Crippen MR) is 52.2 cm³/mol. The molecule has 0 aromatic rings. The van der Waals surface area contributed by atoms with Crippen molar-refractivity contribution < 1.29 is 0 Å². The van der Waals surface area contributed by atoms with E-state index in [-0.39, 0.29) is 0 Å². The lowest BCUT2D eigenvalue weighted by Gasteiger charge is -2.01. The van der Waals surface area contributed by atoms with E-state index in [2.05, 4.69) is 23.8 Å². The van der Waals surface area contributed by atoms with Gasteiger partial charge in [-0.05, 0) is 6.42 Å². The van der Waals surface area contributed by atoms with Gasteiger partial charge in [-0.3, -0.25) is 4.99 Å². The van der Waals surface area contributed by atoms with Crippen LogP contribution in [0.4, 0.5) is 0 Å². The van der Waals surface area contributed by atoms with Gasteiger partial charge in [0, 0.05) is 12.3 Å². The second-order valence-electron chi connectivity index (χ2n) is 2.51. The van der Waals surface area contributed by atoms with Gasteiger partial charge in [0.05, 0.1) is 6.54 Å². The minimum Gasteiger partial charge on any atom is -0.363 e. The number of amidine groups is 1. The number of hydrogen-bond donors (Lipinski definition) is 1. The first-order valence-electron chi connectivity index (χ1n) is 3.90. The normalized spacial score (nSPS) is 15.9. The van der Waals surface area contributed by atoms with E-state index in [1.54, 1.807) is 11.8 Å². The van der Waals surface area contributed by atoms with Crippen LogP contribution in [0.1, 0.15) is 13.3 Å². The summed E-state index contributed by atoms with van der Waals surface area (Å²) in [6.45, 7) is 7.99. The lowest BCUT2D eigenvalue weighted by atomic mass is 10.3. The van der Waals surface area contributed by atoms with Gasteiger partial charge in [0.25, 0.3) is 0 Å². The van der Waals surface area contributed by atoms with Crippen LogP contribution in [-0.2, 0) is 0 Å². The fourth-order valence-corrected chi connectivity index (χ4v) is 1.68. The Morgan fingerprint density at radius 2 is 2.64 bits per heavy atom. The van der Waals surface area contributed by atoms with Crippen molar-refractivity contribution in [1.82, 2.24) is 5.32 Å². The molecule has 62 valence electrons. The molecule has 1 rings (SSSR count). The van der Waals surface area contributed by atoms with E-state index in [4.69, 9.17) is 0 Å². The summed E-state index contributed by atoms with van der Waals surface area (Å²) >= 11 is 1.76. The largest absolute Gasteiger partial charge is 0.363 e. The number of aliphatic imine (C=N–C) groups is 1. The van der Waals surface area contributed by atoms with E-state index in [9.17, 15) is 0 Å². The molecule has 0 aromatic heterocycles. The van der Waals surface area contributed by atoms with E-state index >= 15 is 0 Å². The van der Waals surface area contributed by atoms with Crippen LogP contribution in [0.2, 0.25) is 0 Å². The molecule has 1 aliphatic heterocycles. The molecule has 0 fully saturated rings. The van der Waals surface area contributed by atoms with Crippen LogP contribution < -0.4 is 5.32 Å². The molecule has 11 heavy (non-hydrogen) atoms. The van der Waals surface area contributed by atoms with E-state index in [1.165, 1.54) is 5.57 Å². The second kappa shape index (κ2) is 4.44. The molecule has 3 heteroatoms. The SMILES string of the molecule is C=C(CC)CSC1=NCCN1. The molecular formula is C8H14N2S. The highest BCUT2D eigenvalue weighted by molar-refractivity contribution is 8.14. The van der Waals surface area contributed by atoms with Gasteiger partial charge in [0.15, 0.2) is 5.17 Å². The Balaban J connectivity index is 2.16. The summed E-state index contributed by atoms with van der Waals surface area (Å²) in [5.41, 5.74) is 1.28. The summed E-state index contributed by atoms with van der Waals surface area (Å²) in [4.78, 5) is 4.27. The van der Waals surface area contributed by atoms with Gasteiger partial charge in [-0.25, -0.2) is 0 Å². The molecule has 0 unspecified atom stereocenters. The highest BCUT2D eigenvalue weighted by Crippen LogP contribution is 2.11. The predicted octanol–water partition coefficient (Wildman–Crippen LogP) is 1.64. The molecule has 0 saturated carbocycles. The molecule has 0 radical (unpaired) electrons. The van der Waals surface area contributed by atoms with Gasteiger partial charge in [-0.1, -0.05) is 30.8 Å². The molecule has 0 bridgehead atoms. The van der Waals surface area contributed by atoms with Crippen molar-refractivity contribution in [3.63, 3.8) is 0 Å². The monoisotopic (exact) mass is 170 g/mol. The van der Waals surface area contributed by atoms with Crippen LogP contribution >= 0.6 is 11.8 Å². The smallest absolute Gasteiger partial charge is 0.156 e. The van der Waals surface area contributed by atoms with Gasteiger partial charge in [0.1, 0.15) is 0 Å². The molecule has 1 N–H and O–H groups in total. The minimum absolute atomic E-state index is 0.931. The zero-order valence-electron chi connectivity index (χ0n) is 6.89. The highest BCUT2D eigenvalue weighted by Gasteiger charge is 2.04. The molecule has 2 nitrogen and oxygen atoms in total. The average molecular weight is 170 g/mol. The van der Waals surface area contributed by atoms with Crippen LogP contribution in [0.5, 0.6) is 0 Å². The van der Waals surface area contributed by atoms with Crippen molar-refractivity contribution in [2.75, 3.05) is 18.8 Å². The first-order chi connectivity index (χ1) is 5.33. The van der Waals surface area contributed by atoms with E-state index < -0.39 is 0 Å². The first kappa shape index (κ1) is 8.65. The van der Waals surface area contributed by atoms with Crippen molar-refractivity contribution >= 4 is 16.9 Å². The molecule has 0 aromatic carbocycles. The summed E-state index contributed by atoms with van der Waals surface area (Å²) in [6.07, 6.45) is 1.07. The molecular weight excluding hydrogens is 156 g/mol. The summed E-state index contributed by atoms with van der Waals surface area (Å²) in [6, 6.07) is 0. The maximum atomic E-state index is 4.27. The second-order valence-corrected chi connectivity index (χ2v) is 3.47. The Hall–Kier alpha value is -0.440. The lowest BCUT2D eigenvalue weighted by Crippen LogP contribution is -2.15. The molecule has 0 aliphatic carbocycles. The Bertz CT molecular complexity index is 175. The number of nitrogens with zero attached hydrogens (tertiary/aromatic N) is 1. The summed E-state index contributed by atoms with van der Waals surface area (Å²) < 4.78 is 0. The van der Waals surface area contributed by atoms with Crippen molar-refractivity contribution in [2.45, 2.75) is 13.3 Å². The summed E-state index contributed by atoms with van der Waals surface area (Å²) in [5, 5.41) is 4.29. The van der Waals surface area contributed by atoms with Gasteiger partial charge >= 0.3 is 0 Å². The molecule has 0 saturated heterocycles. The van der Waals surface area contributed by atoms with Gasteiger partial charge < -0.3 is 5.32 Å². The van der Waals surface area contributed by atoms with Crippen LogP contribution in [0.3, 0.4) is 0 Å². The summed E-state index contributed by atoms with van der Waals surface area (Å²) in [7, 11) is 0. The fourth-order valence-electron chi connectivity index (χ4n) is 0.745. The standard InChI is InChI=1S/C8H14N2S/c1-3-7(2)6-11-8-9-4-5-10-8/h2-6H2,1H3,(H,9,10). The molecule has 0 atom stereocenters. The summed E-state index contributed by atoms with van der Waals surface area (Å²) in [5.74, 6) is 1.00. The Morgan fingerprint density at radius 3 is 3.18 bits per heavy atom. The minimum atomic E-state index is 0.931. The Labute approximate surface area is 72.2 Å². The zero-order valence-corrected chi connectivity index (χ0v) is 7.71. The topological polar surface area (TPSA) is 24.4 Å². The third-order valence-corrected chi connectivity index (χ3v) is 2.66. The third kappa shape index (κ3) is 2.97. The number of rotatable bonds is 3. The highest BCUT2D eigenvalue weighted by atomic mass is 32.2. The van der Waals surface area contributed by atoms with Crippen LogP contribution in [0.15, 0.2) is 17.1 Å². The number of nitrogens with one attached hydrogen (secondary N) is 1. The zero-order chi connectivity index (χ0) is 8.10. The molecule has 1 heterocycles.